The van der Waals surface area contributed by atoms with E-state index >= 15 is 0 Å². The quantitative estimate of drug-likeness (QED) is 0.741. The smallest absolute Gasteiger partial charge is 0.0627 e. The van der Waals surface area contributed by atoms with Crippen LogP contribution in [0.15, 0.2) is 33.6 Å². The van der Waals surface area contributed by atoms with E-state index < -0.39 is 0 Å². The Kier molecular flexibility index (Phi) is 7.93. The summed E-state index contributed by atoms with van der Waals surface area (Å²) in [7, 11) is 0. The number of halogens is 1. The van der Waals surface area contributed by atoms with Gasteiger partial charge in [-0.3, -0.25) is 0 Å². The molecule has 0 radical (unpaired) electrons. The van der Waals surface area contributed by atoms with Crippen molar-refractivity contribution in [2.75, 3.05) is 25.5 Å². The predicted molar refractivity (Wildman–Crippen MR) is 78.8 cm³/mol. The summed E-state index contributed by atoms with van der Waals surface area (Å²) in [5.41, 5.74) is 0. The minimum atomic E-state index is 0.420. The summed E-state index contributed by atoms with van der Waals surface area (Å²) >= 11 is 5.35. The van der Waals surface area contributed by atoms with E-state index in [0.717, 1.165) is 30.0 Å². The van der Waals surface area contributed by atoms with Crippen LogP contribution in [0.3, 0.4) is 0 Å². The number of nitrogens with one attached hydrogen (secondary N) is 1. The Morgan fingerprint density at radius 1 is 1.41 bits per heavy atom. The molecule has 0 bridgehead atoms. The third-order valence-electron chi connectivity index (χ3n) is 2.26. The molecular weight excluding hydrogens is 298 g/mol. The third kappa shape index (κ3) is 6.46. The van der Waals surface area contributed by atoms with Crippen molar-refractivity contribution >= 4 is 27.7 Å². The van der Waals surface area contributed by atoms with Crippen molar-refractivity contribution in [1.29, 1.82) is 0 Å². The lowest BCUT2D eigenvalue weighted by molar-refractivity contribution is 0.129. The Morgan fingerprint density at radius 3 is 2.88 bits per heavy atom. The zero-order valence-electron chi connectivity index (χ0n) is 10.4. The second-order valence-corrected chi connectivity index (χ2v) is 5.69. The average Bonchev–Trinajstić information content (AvgIpc) is 2.33. The van der Waals surface area contributed by atoms with Crippen molar-refractivity contribution in [2.45, 2.75) is 24.8 Å². The molecule has 4 heteroatoms. The molecule has 2 nitrogen and oxygen atoms in total. The summed E-state index contributed by atoms with van der Waals surface area (Å²) in [6.07, 6.45) is 0. The number of ether oxygens (including phenoxy) is 1. The highest BCUT2D eigenvalue weighted by Crippen LogP contribution is 2.22. The topological polar surface area (TPSA) is 21.3 Å². The first-order valence-electron chi connectivity index (χ1n) is 5.95. The van der Waals surface area contributed by atoms with Crippen LogP contribution in [0.4, 0.5) is 0 Å². The second kappa shape index (κ2) is 8.97. The van der Waals surface area contributed by atoms with E-state index in [0.29, 0.717) is 6.04 Å². The van der Waals surface area contributed by atoms with E-state index in [9.17, 15) is 0 Å². The first-order valence-corrected chi connectivity index (χ1v) is 7.73. The van der Waals surface area contributed by atoms with Crippen molar-refractivity contribution in [3.05, 3.63) is 28.7 Å². The number of likely N-dealkylation sites (N-methyl/N-ethyl adjacent to an activating group) is 1. The van der Waals surface area contributed by atoms with Gasteiger partial charge in [0.25, 0.3) is 0 Å². The Balaban J connectivity index is 2.39. The monoisotopic (exact) mass is 317 g/mol. The van der Waals surface area contributed by atoms with Crippen LogP contribution >= 0.6 is 27.7 Å². The highest BCUT2D eigenvalue weighted by molar-refractivity contribution is 9.10. The zero-order chi connectivity index (χ0) is 12.5. The predicted octanol–water partition coefficient (Wildman–Crippen LogP) is 3.56. The van der Waals surface area contributed by atoms with Gasteiger partial charge < -0.3 is 10.1 Å². The van der Waals surface area contributed by atoms with E-state index in [2.05, 4.69) is 46.4 Å². The lowest BCUT2D eigenvalue weighted by Gasteiger charge is -2.17. The lowest BCUT2D eigenvalue weighted by Crippen LogP contribution is -2.35. The van der Waals surface area contributed by atoms with Gasteiger partial charge in [-0.2, -0.15) is 0 Å². The summed E-state index contributed by atoms with van der Waals surface area (Å²) in [6, 6.07) is 8.82. The van der Waals surface area contributed by atoms with Crippen LogP contribution in [0.1, 0.15) is 13.8 Å². The van der Waals surface area contributed by atoms with Crippen molar-refractivity contribution < 1.29 is 4.74 Å². The fourth-order valence-corrected chi connectivity index (χ4v) is 3.01. The Morgan fingerprint density at radius 2 is 2.24 bits per heavy atom. The minimum Gasteiger partial charge on any atom is -0.380 e. The van der Waals surface area contributed by atoms with Gasteiger partial charge in [-0.1, -0.05) is 28.9 Å². The normalized spacial score (nSPS) is 12.6. The van der Waals surface area contributed by atoms with E-state index in [1.165, 1.54) is 4.90 Å². The van der Waals surface area contributed by atoms with Gasteiger partial charge in [0.15, 0.2) is 0 Å². The summed E-state index contributed by atoms with van der Waals surface area (Å²) in [5.74, 6) is 1.03. The molecule has 0 heterocycles. The molecule has 0 fully saturated rings. The summed E-state index contributed by atoms with van der Waals surface area (Å²) in [6.45, 7) is 6.71. The van der Waals surface area contributed by atoms with Crippen molar-refractivity contribution in [2.24, 2.45) is 0 Å². The Hall–Kier alpha value is -0.0300. The van der Waals surface area contributed by atoms with Gasteiger partial charge in [-0.25, -0.2) is 0 Å². The van der Waals surface area contributed by atoms with Crippen LogP contribution < -0.4 is 5.32 Å². The highest BCUT2D eigenvalue weighted by Gasteiger charge is 2.07. The standard InChI is InChI=1S/C13H20BrNOS/c1-3-15-12(9-16-4-2)10-17-13-7-5-6-11(14)8-13/h5-8,12,15H,3-4,9-10H2,1-2H3. The number of benzene rings is 1. The highest BCUT2D eigenvalue weighted by atomic mass is 79.9. The fourth-order valence-electron chi connectivity index (χ4n) is 1.47. The molecule has 0 saturated heterocycles. The molecule has 1 aromatic rings. The van der Waals surface area contributed by atoms with Gasteiger partial charge in [0.2, 0.25) is 0 Å². The van der Waals surface area contributed by atoms with E-state index in [4.69, 9.17) is 4.74 Å². The molecule has 0 saturated carbocycles. The van der Waals surface area contributed by atoms with Gasteiger partial charge in [0.1, 0.15) is 0 Å². The molecule has 0 aromatic heterocycles. The molecule has 0 aliphatic heterocycles. The molecule has 1 N–H and O–H groups in total. The Labute approximate surface area is 117 Å². The molecule has 1 unspecified atom stereocenters. The third-order valence-corrected chi connectivity index (χ3v) is 3.91. The van der Waals surface area contributed by atoms with Crippen LogP contribution in [0, 0.1) is 0 Å². The fraction of sp³-hybridized carbons (Fsp3) is 0.538. The van der Waals surface area contributed by atoms with Crippen LogP contribution in [-0.2, 0) is 4.74 Å². The Bertz CT molecular complexity index is 322. The van der Waals surface area contributed by atoms with Gasteiger partial charge in [-0.15, -0.1) is 11.8 Å². The molecule has 96 valence electrons. The van der Waals surface area contributed by atoms with Crippen LogP contribution in [0.5, 0.6) is 0 Å². The van der Waals surface area contributed by atoms with Gasteiger partial charge in [0, 0.05) is 27.8 Å². The maximum atomic E-state index is 5.48. The SMILES string of the molecule is CCNC(COCC)CSc1cccc(Br)c1. The van der Waals surface area contributed by atoms with Crippen LogP contribution in [-0.4, -0.2) is 31.6 Å². The zero-order valence-corrected chi connectivity index (χ0v) is 12.8. The van der Waals surface area contributed by atoms with Crippen LogP contribution in [0.25, 0.3) is 0 Å². The molecule has 0 aliphatic rings. The summed E-state index contributed by atoms with van der Waals surface area (Å²) in [5, 5.41) is 3.44. The first-order chi connectivity index (χ1) is 8.26. The number of hydrogen-bond acceptors (Lipinski definition) is 3. The molecule has 17 heavy (non-hydrogen) atoms. The molecular formula is C13H20BrNOS. The average molecular weight is 318 g/mol. The first kappa shape index (κ1) is 15.0. The maximum absolute atomic E-state index is 5.48. The van der Waals surface area contributed by atoms with E-state index in [-0.39, 0.29) is 0 Å². The van der Waals surface area contributed by atoms with Crippen LogP contribution in [0.2, 0.25) is 0 Å². The van der Waals surface area contributed by atoms with Crippen molar-refractivity contribution in [1.82, 2.24) is 5.32 Å². The van der Waals surface area contributed by atoms with Gasteiger partial charge >= 0.3 is 0 Å². The van der Waals surface area contributed by atoms with E-state index in [1.807, 2.05) is 24.8 Å². The minimum absolute atomic E-state index is 0.420. The van der Waals surface area contributed by atoms with E-state index in [1.54, 1.807) is 0 Å². The molecule has 1 aromatic carbocycles. The van der Waals surface area contributed by atoms with Gasteiger partial charge in [-0.05, 0) is 31.7 Å². The maximum Gasteiger partial charge on any atom is 0.0627 e. The number of rotatable bonds is 8. The number of hydrogen-bond donors (Lipinski definition) is 1. The molecule has 1 atom stereocenters. The van der Waals surface area contributed by atoms with Crippen molar-refractivity contribution in [3.8, 4) is 0 Å². The molecule has 0 aliphatic carbocycles. The molecule has 0 amide bonds. The molecule has 1 rings (SSSR count). The number of thioether (sulfide) groups is 1. The van der Waals surface area contributed by atoms with Crippen molar-refractivity contribution in [3.63, 3.8) is 0 Å². The largest absolute Gasteiger partial charge is 0.380 e. The second-order valence-electron chi connectivity index (χ2n) is 3.68. The lowest BCUT2D eigenvalue weighted by atomic mass is 10.3. The van der Waals surface area contributed by atoms with Gasteiger partial charge in [0.05, 0.1) is 6.61 Å². The molecule has 0 spiro atoms. The summed E-state index contributed by atoms with van der Waals surface area (Å²) in [4.78, 5) is 1.29. The summed E-state index contributed by atoms with van der Waals surface area (Å²) < 4.78 is 6.61.